The van der Waals surface area contributed by atoms with E-state index in [0.29, 0.717) is 0 Å². The van der Waals surface area contributed by atoms with Crippen molar-refractivity contribution in [1.29, 1.82) is 0 Å². The van der Waals surface area contributed by atoms with Crippen LogP contribution in [0.2, 0.25) is 0 Å². The normalized spacial score (nSPS) is 23.1. The van der Waals surface area contributed by atoms with Crippen molar-refractivity contribution in [1.82, 2.24) is 0 Å². The van der Waals surface area contributed by atoms with Gasteiger partial charge in [0, 0.05) is 11.0 Å². The summed E-state index contributed by atoms with van der Waals surface area (Å²) in [6, 6.07) is 2.06. The van der Waals surface area contributed by atoms with Gasteiger partial charge in [-0.15, -0.1) is 12.4 Å². The van der Waals surface area contributed by atoms with Gasteiger partial charge in [0.15, 0.2) is 5.79 Å². The van der Waals surface area contributed by atoms with Crippen molar-refractivity contribution in [2.24, 2.45) is 5.41 Å². The zero-order valence-electron chi connectivity index (χ0n) is 9.28. The molecule has 1 aliphatic heterocycles. The van der Waals surface area contributed by atoms with Gasteiger partial charge in [0.25, 0.3) is 0 Å². The van der Waals surface area contributed by atoms with E-state index in [1.165, 1.54) is 0 Å². The fraction of sp³-hybridized carbons (Fsp3) is 0.636. The highest BCUT2D eigenvalue weighted by molar-refractivity contribution is 7.08. The Kier molecular flexibility index (Phi) is 3.82. The predicted molar refractivity (Wildman–Crippen MR) is 64.6 cm³/mol. The fourth-order valence-electron chi connectivity index (χ4n) is 1.44. The van der Waals surface area contributed by atoms with Gasteiger partial charge >= 0.3 is 0 Å². The van der Waals surface area contributed by atoms with E-state index in [4.69, 9.17) is 9.47 Å². The van der Waals surface area contributed by atoms with Crippen molar-refractivity contribution in [2.45, 2.75) is 26.6 Å². The molecule has 1 aromatic rings. The molecular formula is C11H17ClO2S. The average molecular weight is 249 g/mol. The van der Waals surface area contributed by atoms with Gasteiger partial charge in [0.1, 0.15) is 0 Å². The Morgan fingerprint density at radius 1 is 1.20 bits per heavy atom. The van der Waals surface area contributed by atoms with E-state index in [1.807, 2.05) is 12.3 Å². The maximum absolute atomic E-state index is 5.81. The highest BCUT2D eigenvalue weighted by atomic mass is 35.5. The lowest BCUT2D eigenvalue weighted by atomic mass is 9.94. The van der Waals surface area contributed by atoms with Gasteiger partial charge in [-0.2, -0.15) is 11.3 Å². The van der Waals surface area contributed by atoms with E-state index in [2.05, 4.69) is 25.3 Å². The Morgan fingerprint density at radius 2 is 1.80 bits per heavy atom. The maximum Gasteiger partial charge on any atom is 0.192 e. The van der Waals surface area contributed by atoms with Crippen LogP contribution < -0.4 is 0 Å². The van der Waals surface area contributed by atoms with E-state index in [1.54, 1.807) is 11.3 Å². The lowest BCUT2D eigenvalue weighted by molar-refractivity contribution is -0.297. The number of thiophene rings is 1. The third kappa shape index (κ3) is 2.72. The van der Waals surface area contributed by atoms with E-state index in [9.17, 15) is 0 Å². The molecule has 0 unspecified atom stereocenters. The van der Waals surface area contributed by atoms with Crippen molar-refractivity contribution in [3.8, 4) is 0 Å². The van der Waals surface area contributed by atoms with Crippen LogP contribution in [0.25, 0.3) is 0 Å². The molecule has 15 heavy (non-hydrogen) atoms. The first kappa shape index (κ1) is 13.0. The lowest BCUT2D eigenvalue weighted by Gasteiger charge is -2.41. The summed E-state index contributed by atoms with van der Waals surface area (Å²) >= 11 is 1.67. The molecular weight excluding hydrogens is 232 g/mol. The van der Waals surface area contributed by atoms with Crippen LogP contribution in [0.5, 0.6) is 0 Å². The zero-order valence-corrected chi connectivity index (χ0v) is 10.9. The molecule has 2 rings (SSSR count). The second-order valence-corrected chi connectivity index (χ2v) is 5.48. The molecule has 4 heteroatoms. The summed E-state index contributed by atoms with van der Waals surface area (Å²) in [6.45, 7) is 7.80. The number of ether oxygens (including phenoxy) is 2. The third-order valence-electron chi connectivity index (χ3n) is 2.52. The highest BCUT2D eigenvalue weighted by Crippen LogP contribution is 2.36. The first-order chi connectivity index (χ1) is 6.52. The van der Waals surface area contributed by atoms with Crippen LogP contribution in [0, 0.1) is 5.41 Å². The molecule has 1 fully saturated rings. The van der Waals surface area contributed by atoms with Gasteiger partial charge in [-0.3, -0.25) is 0 Å². The van der Waals surface area contributed by atoms with Crippen LogP contribution in [0.4, 0.5) is 0 Å². The topological polar surface area (TPSA) is 18.5 Å². The number of hydrogen-bond acceptors (Lipinski definition) is 3. The summed E-state index contributed by atoms with van der Waals surface area (Å²) in [7, 11) is 0. The Hall–Kier alpha value is -0.0900. The molecule has 0 radical (unpaired) electrons. The second kappa shape index (κ2) is 4.42. The maximum atomic E-state index is 5.81. The van der Waals surface area contributed by atoms with E-state index < -0.39 is 5.79 Å². The number of rotatable bonds is 1. The highest BCUT2D eigenvalue weighted by Gasteiger charge is 2.38. The predicted octanol–water partition coefficient (Wildman–Crippen LogP) is 3.42. The molecule has 0 amide bonds. The van der Waals surface area contributed by atoms with Crippen molar-refractivity contribution >= 4 is 23.7 Å². The van der Waals surface area contributed by atoms with Gasteiger partial charge in [0.2, 0.25) is 0 Å². The van der Waals surface area contributed by atoms with Crippen LogP contribution in [-0.4, -0.2) is 13.2 Å². The summed E-state index contributed by atoms with van der Waals surface area (Å²) in [4.78, 5) is 0. The SMILES string of the molecule is CC1(C)COC(C)(c2ccsc2)OC1.Cl. The molecule has 0 aromatic carbocycles. The van der Waals surface area contributed by atoms with Crippen molar-refractivity contribution < 1.29 is 9.47 Å². The molecule has 0 saturated carbocycles. The van der Waals surface area contributed by atoms with Crippen molar-refractivity contribution in [3.63, 3.8) is 0 Å². The van der Waals surface area contributed by atoms with Crippen LogP contribution >= 0.6 is 23.7 Å². The van der Waals surface area contributed by atoms with Gasteiger partial charge in [-0.1, -0.05) is 13.8 Å². The quantitative estimate of drug-likeness (QED) is 0.758. The standard InChI is InChI=1S/C11H16O2S.ClH/c1-10(2)7-12-11(3,13-8-10)9-4-5-14-6-9;/h4-6H,7-8H2,1-3H3;1H. The van der Waals surface area contributed by atoms with E-state index >= 15 is 0 Å². The molecule has 0 spiro atoms. The van der Waals surface area contributed by atoms with Crippen LogP contribution in [-0.2, 0) is 15.3 Å². The molecule has 0 aliphatic carbocycles. The average Bonchev–Trinajstić information content (AvgIpc) is 2.64. The minimum Gasteiger partial charge on any atom is -0.345 e. The Morgan fingerprint density at radius 3 is 2.27 bits per heavy atom. The first-order valence-electron chi connectivity index (χ1n) is 4.82. The van der Waals surface area contributed by atoms with E-state index in [-0.39, 0.29) is 17.8 Å². The molecule has 1 aliphatic rings. The summed E-state index contributed by atoms with van der Waals surface area (Å²) in [5.74, 6) is -0.532. The largest absolute Gasteiger partial charge is 0.345 e. The summed E-state index contributed by atoms with van der Waals surface area (Å²) < 4.78 is 11.6. The van der Waals surface area contributed by atoms with E-state index in [0.717, 1.165) is 18.8 Å². The third-order valence-corrected chi connectivity index (χ3v) is 3.21. The van der Waals surface area contributed by atoms with Crippen LogP contribution in [0.1, 0.15) is 26.3 Å². The summed E-state index contributed by atoms with van der Waals surface area (Å²) in [5, 5.41) is 4.13. The van der Waals surface area contributed by atoms with Crippen LogP contribution in [0.3, 0.4) is 0 Å². The monoisotopic (exact) mass is 248 g/mol. The van der Waals surface area contributed by atoms with Gasteiger partial charge in [-0.05, 0) is 23.8 Å². The molecule has 1 aromatic heterocycles. The van der Waals surface area contributed by atoms with Gasteiger partial charge in [0.05, 0.1) is 13.2 Å². The molecule has 0 N–H and O–H groups in total. The van der Waals surface area contributed by atoms with Gasteiger partial charge in [-0.25, -0.2) is 0 Å². The smallest absolute Gasteiger partial charge is 0.192 e. The fourth-order valence-corrected chi connectivity index (χ4v) is 2.18. The molecule has 2 nitrogen and oxygen atoms in total. The molecule has 0 bridgehead atoms. The number of halogens is 1. The summed E-state index contributed by atoms with van der Waals surface area (Å²) in [6.07, 6.45) is 0. The summed E-state index contributed by atoms with van der Waals surface area (Å²) in [5.41, 5.74) is 1.26. The molecule has 86 valence electrons. The Labute approximate surface area is 101 Å². The van der Waals surface area contributed by atoms with Crippen molar-refractivity contribution in [3.05, 3.63) is 22.4 Å². The molecule has 2 heterocycles. The Balaban J connectivity index is 0.00000112. The number of hydrogen-bond donors (Lipinski definition) is 0. The van der Waals surface area contributed by atoms with Gasteiger partial charge < -0.3 is 9.47 Å². The zero-order chi connectivity index (χ0) is 10.2. The minimum atomic E-state index is -0.532. The second-order valence-electron chi connectivity index (χ2n) is 4.70. The molecule has 1 saturated heterocycles. The lowest BCUT2D eigenvalue weighted by Crippen LogP contribution is -2.43. The van der Waals surface area contributed by atoms with Crippen LogP contribution in [0.15, 0.2) is 16.8 Å². The molecule has 0 atom stereocenters. The minimum absolute atomic E-state index is 0. The first-order valence-corrected chi connectivity index (χ1v) is 5.77. The van der Waals surface area contributed by atoms with Crippen molar-refractivity contribution in [2.75, 3.05) is 13.2 Å². The Bertz CT molecular complexity index is 298.